The standard InChI is InChI=1S/C28H29ClN2O4/c1-21-17-24(9-12-27(21)34-20-28(32)31-13-15-33-16-14-31)26(18-22-5-3-2-4-6-22)30-35-19-23-7-10-25(29)11-8-23/h2-12,17H,13-16,18-20H2,1H3/b30-26+. The van der Waals surface area contributed by atoms with Gasteiger partial charge in [-0.2, -0.15) is 0 Å². The molecule has 182 valence electrons. The van der Waals surface area contributed by atoms with E-state index in [0.717, 1.165) is 28.0 Å². The van der Waals surface area contributed by atoms with Crippen molar-refractivity contribution in [3.05, 3.63) is 100 Å². The van der Waals surface area contributed by atoms with Gasteiger partial charge in [0.25, 0.3) is 5.91 Å². The fourth-order valence-electron chi connectivity index (χ4n) is 3.78. The van der Waals surface area contributed by atoms with E-state index in [1.165, 1.54) is 0 Å². The first-order valence-corrected chi connectivity index (χ1v) is 12.0. The number of amides is 1. The number of ether oxygens (including phenoxy) is 2. The van der Waals surface area contributed by atoms with E-state index >= 15 is 0 Å². The Balaban J connectivity index is 1.45. The Labute approximate surface area is 211 Å². The molecule has 1 fully saturated rings. The van der Waals surface area contributed by atoms with Crippen LogP contribution < -0.4 is 4.74 Å². The van der Waals surface area contributed by atoms with Gasteiger partial charge in [0.15, 0.2) is 6.61 Å². The number of hydrogen-bond acceptors (Lipinski definition) is 5. The van der Waals surface area contributed by atoms with Gasteiger partial charge >= 0.3 is 0 Å². The molecular weight excluding hydrogens is 464 g/mol. The average Bonchev–Trinajstić information content (AvgIpc) is 2.89. The summed E-state index contributed by atoms with van der Waals surface area (Å²) in [6.07, 6.45) is 0.622. The third kappa shape index (κ3) is 7.31. The maximum absolute atomic E-state index is 12.4. The van der Waals surface area contributed by atoms with Gasteiger partial charge in [0.1, 0.15) is 12.4 Å². The third-order valence-electron chi connectivity index (χ3n) is 5.76. The van der Waals surface area contributed by atoms with Gasteiger partial charge in [-0.05, 0) is 53.9 Å². The summed E-state index contributed by atoms with van der Waals surface area (Å²) in [4.78, 5) is 19.9. The number of carbonyl (C=O) groups is 1. The van der Waals surface area contributed by atoms with Crippen LogP contribution in [0.15, 0.2) is 78.0 Å². The Morgan fingerprint density at radius 1 is 1.00 bits per heavy atom. The molecule has 3 aromatic carbocycles. The van der Waals surface area contributed by atoms with Crippen LogP contribution in [0.2, 0.25) is 5.02 Å². The summed E-state index contributed by atoms with van der Waals surface area (Å²) in [6, 6.07) is 23.5. The lowest BCUT2D eigenvalue weighted by Gasteiger charge is -2.26. The Bertz CT molecular complexity index is 1140. The SMILES string of the molecule is Cc1cc(/C(Cc2ccccc2)=N/OCc2ccc(Cl)cc2)ccc1OCC(=O)N1CCOCC1. The topological polar surface area (TPSA) is 60.4 Å². The van der Waals surface area contributed by atoms with Crippen molar-refractivity contribution >= 4 is 23.2 Å². The van der Waals surface area contributed by atoms with Crippen LogP contribution in [0.25, 0.3) is 0 Å². The highest BCUT2D eigenvalue weighted by molar-refractivity contribution is 6.30. The highest BCUT2D eigenvalue weighted by Crippen LogP contribution is 2.21. The highest BCUT2D eigenvalue weighted by Gasteiger charge is 2.18. The zero-order chi connectivity index (χ0) is 24.5. The first-order chi connectivity index (χ1) is 17.1. The lowest BCUT2D eigenvalue weighted by Crippen LogP contribution is -2.43. The Hall–Kier alpha value is -3.35. The predicted octanol–water partition coefficient (Wildman–Crippen LogP) is 5.05. The number of oxime groups is 1. The number of rotatable bonds is 9. The summed E-state index contributed by atoms with van der Waals surface area (Å²) in [5.74, 6) is 0.648. The second kappa shape index (κ2) is 12.4. The molecule has 1 aliphatic heterocycles. The summed E-state index contributed by atoms with van der Waals surface area (Å²) in [7, 11) is 0. The highest BCUT2D eigenvalue weighted by atomic mass is 35.5. The molecule has 0 radical (unpaired) electrons. The lowest BCUT2D eigenvalue weighted by atomic mass is 10.0. The fraction of sp³-hybridized carbons (Fsp3) is 0.286. The summed E-state index contributed by atoms with van der Waals surface area (Å²) in [5.41, 5.74) is 4.80. The lowest BCUT2D eigenvalue weighted by molar-refractivity contribution is -0.137. The minimum absolute atomic E-state index is 0.00928. The number of carbonyl (C=O) groups excluding carboxylic acids is 1. The number of halogens is 1. The van der Waals surface area contributed by atoms with E-state index in [-0.39, 0.29) is 12.5 Å². The van der Waals surface area contributed by atoms with Crippen LogP contribution in [-0.4, -0.2) is 49.4 Å². The molecule has 3 aromatic rings. The molecular formula is C28H29ClN2O4. The molecule has 0 saturated carbocycles. The zero-order valence-electron chi connectivity index (χ0n) is 19.8. The van der Waals surface area contributed by atoms with Crippen LogP contribution in [0.3, 0.4) is 0 Å². The largest absolute Gasteiger partial charge is 0.483 e. The van der Waals surface area contributed by atoms with Crippen molar-refractivity contribution in [2.24, 2.45) is 5.16 Å². The minimum atomic E-state index is -0.0290. The van der Waals surface area contributed by atoms with Gasteiger partial charge in [-0.25, -0.2) is 0 Å². The zero-order valence-corrected chi connectivity index (χ0v) is 20.5. The average molecular weight is 493 g/mol. The van der Waals surface area contributed by atoms with E-state index in [1.54, 1.807) is 4.90 Å². The third-order valence-corrected chi connectivity index (χ3v) is 6.01. The second-order valence-electron chi connectivity index (χ2n) is 8.36. The van der Waals surface area contributed by atoms with Gasteiger partial charge in [0.2, 0.25) is 0 Å². The van der Waals surface area contributed by atoms with Crippen molar-refractivity contribution in [3.8, 4) is 5.75 Å². The van der Waals surface area contributed by atoms with Gasteiger partial charge < -0.3 is 19.2 Å². The van der Waals surface area contributed by atoms with Gasteiger partial charge in [0.05, 0.1) is 18.9 Å². The molecule has 35 heavy (non-hydrogen) atoms. The van der Waals surface area contributed by atoms with Crippen molar-refractivity contribution in [2.75, 3.05) is 32.9 Å². The first-order valence-electron chi connectivity index (χ1n) is 11.6. The molecule has 0 unspecified atom stereocenters. The number of nitrogens with zero attached hydrogens (tertiary/aromatic N) is 2. The van der Waals surface area contributed by atoms with Crippen LogP contribution in [-0.2, 0) is 27.4 Å². The Kier molecular flexibility index (Phi) is 8.76. The summed E-state index contributed by atoms with van der Waals surface area (Å²) >= 11 is 5.97. The number of aryl methyl sites for hydroxylation is 1. The summed E-state index contributed by atoms with van der Waals surface area (Å²) < 4.78 is 11.1. The molecule has 1 heterocycles. The van der Waals surface area contributed by atoms with Crippen LogP contribution in [0.4, 0.5) is 0 Å². The molecule has 0 N–H and O–H groups in total. The Morgan fingerprint density at radius 3 is 2.46 bits per heavy atom. The molecule has 0 aromatic heterocycles. The smallest absolute Gasteiger partial charge is 0.260 e. The van der Waals surface area contributed by atoms with Crippen molar-refractivity contribution in [1.29, 1.82) is 0 Å². The van der Waals surface area contributed by atoms with Crippen molar-refractivity contribution < 1.29 is 19.1 Å². The minimum Gasteiger partial charge on any atom is -0.483 e. The first kappa shape index (κ1) is 24.8. The quantitative estimate of drug-likeness (QED) is 0.310. The normalized spacial score (nSPS) is 14.0. The van der Waals surface area contributed by atoms with E-state index < -0.39 is 0 Å². The monoisotopic (exact) mass is 492 g/mol. The van der Waals surface area contributed by atoms with Gasteiger partial charge in [-0.1, -0.05) is 59.2 Å². The number of morpholine rings is 1. The van der Waals surface area contributed by atoms with E-state index in [2.05, 4.69) is 17.3 Å². The molecule has 0 bridgehead atoms. The molecule has 1 aliphatic rings. The van der Waals surface area contributed by atoms with Gasteiger partial charge in [0, 0.05) is 30.1 Å². The molecule has 7 heteroatoms. The van der Waals surface area contributed by atoms with Crippen molar-refractivity contribution in [2.45, 2.75) is 20.0 Å². The molecule has 0 spiro atoms. The molecule has 0 aliphatic carbocycles. The van der Waals surface area contributed by atoms with Gasteiger partial charge in [-0.3, -0.25) is 4.79 Å². The molecule has 1 saturated heterocycles. The predicted molar refractivity (Wildman–Crippen MR) is 137 cm³/mol. The second-order valence-corrected chi connectivity index (χ2v) is 8.80. The Morgan fingerprint density at radius 2 is 1.74 bits per heavy atom. The maximum atomic E-state index is 12.4. The number of benzene rings is 3. The van der Waals surface area contributed by atoms with Crippen LogP contribution in [0, 0.1) is 6.92 Å². The molecule has 0 atom stereocenters. The molecule has 4 rings (SSSR count). The molecule has 6 nitrogen and oxygen atoms in total. The van der Waals surface area contributed by atoms with E-state index in [4.69, 9.17) is 25.9 Å². The fourth-order valence-corrected chi connectivity index (χ4v) is 3.90. The van der Waals surface area contributed by atoms with E-state index in [0.29, 0.717) is 50.1 Å². The van der Waals surface area contributed by atoms with E-state index in [1.807, 2.05) is 67.6 Å². The van der Waals surface area contributed by atoms with Gasteiger partial charge in [-0.15, -0.1) is 0 Å². The van der Waals surface area contributed by atoms with Crippen molar-refractivity contribution in [1.82, 2.24) is 4.90 Å². The summed E-state index contributed by atoms with van der Waals surface area (Å²) in [5, 5.41) is 5.17. The van der Waals surface area contributed by atoms with Crippen molar-refractivity contribution in [3.63, 3.8) is 0 Å². The summed E-state index contributed by atoms with van der Waals surface area (Å²) in [6.45, 7) is 4.68. The van der Waals surface area contributed by atoms with Crippen LogP contribution in [0.5, 0.6) is 5.75 Å². The van der Waals surface area contributed by atoms with E-state index in [9.17, 15) is 4.79 Å². The van der Waals surface area contributed by atoms with Crippen LogP contribution >= 0.6 is 11.6 Å². The maximum Gasteiger partial charge on any atom is 0.260 e. The molecule has 1 amide bonds. The number of hydrogen-bond donors (Lipinski definition) is 0. The van der Waals surface area contributed by atoms with Crippen LogP contribution in [0.1, 0.15) is 22.3 Å².